The molecule has 0 aliphatic heterocycles. The zero-order chi connectivity index (χ0) is 26.9. The van der Waals surface area contributed by atoms with Crippen LogP contribution in [-0.2, 0) is 4.79 Å². The van der Waals surface area contributed by atoms with Crippen LogP contribution in [0, 0.1) is 12.8 Å². The zero-order valence-electron chi connectivity index (χ0n) is 21.1. The number of hydrogen-bond acceptors (Lipinski definition) is 5. The van der Waals surface area contributed by atoms with Gasteiger partial charge in [0.05, 0.1) is 18.4 Å². The van der Waals surface area contributed by atoms with E-state index >= 15 is 0 Å². The van der Waals surface area contributed by atoms with Crippen LogP contribution in [0.1, 0.15) is 50.5 Å². The molecule has 3 rings (SSSR count). The van der Waals surface area contributed by atoms with E-state index in [2.05, 4.69) is 21.5 Å². The van der Waals surface area contributed by atoms with Gasteiger partial charge in [0.1, 0.15) is 11.8 Å². The predicted molar refractivity (Wildman–Crippen MR) is 140 cm³/mol. The number of benzene rings is 3. The molecule has 0 aliphatic carbocycles. The third-order valence-corrected chi connectivity index (χ3v) is 5.62. The van der Waals surface area contributed by atoms with E-state index in [1.807, 2.05) is 6.92 Å². The van der Waals surface area contributed by atoms with Crippen molar-refractivity contribution in [2.75, 3.05) is 12.4 Å². The lowest BCUT2D eigenvalue weighted by atomic mass is 10.0. The number of rotatable bonds is 8. The van der Waals surface area contributed by atoms with Gasteiger partial charge in [0, 0.05) is 11.1 Å². The topological polar surface area (TPSA) is 126 Å². The van der Waals surface area contributed by atoms with Crippen LogP contribution < -0.4 is 26.2 Å². The number of para-hydroxylation sites is 1. The Bertz CT molecular complexity index is 1270. The first-order valence-corrected chi connectivity index (χ1v) is 11.7. The second kappa shape index (κ2) is 12.3. The highest BCUT2D eigenvalue weighted by molar-refractivity contribution is 6.09. The summed E-state index contributed by atoms with van der Waals surface area (Å²) in [4.78, 5) is 51.0. The summed E-state index contributed by atoms with van der Waals surface area (Å²) in [5.41, 5.74) is 7.01. The summed E-state index contributed by atoms with van der Waals surface area (Å²) >= 11 is 0. The van der Waals surface area contributed by atoms with E-state index in [4.69, 9.17) is 4.74 Å². The fourth-order valence-corrected chi connectivity index (χ4v) is 3.45. The van der Waals surface area contributed by atoms with Gasteiger partial charge < -0.3 is 15.4 Å². The Balaban J connectivity index is 1.67. The lowest BCUT2D eigenvalue weighted by Gasteiger charge is -2.22. The van der Waals surface area contributed by atoms with Crippen molar-refractivity contribution in [3.05, 3.63) is 95.1 Å². The predicted octanol–water partition coefficient (Wildman–Crippen LogP) is 3.47. The number of hydrogen-bond donors (Lipinski definition) is 4. The van der Waals surface area contributed by atoms with E-state index < -0.39 is 29.7 Å². The molecule has 4 N–H and O–H groups in total. The first-order valence-electron chi connectivity index (χ1n) is 11.7. The lowest BCUT2D eigenvalue weighted by Crippen LogP contribution is -2.54. The number of hydrazine groups is 1. The fraction of sp³-hybridized carbons (Fsp3) is 0.214. The minimum Gasteiger partial charge on any atom is -0.497 e. The Hall–Kier alpha value is -4.66. The van der Waals surface area contributed by atoms with Crippen molar-refractivity contribution in [2.24, 2.45) is 5.92 Å². The summed E-state index contributed by atoms with van der Waals surface area (Å²) in [5, 5.41) is 5.44. The molecule has 0 bridgehead atoms. The molecule has 0 spiro atoms. The molecule has 1 unspecified atom stereocenters. The van der Waals surface area contributed by atoms with Gasteiger partial charge in [-0.2, -0.15) is 0 Å². The molecular weight excluding hydrogens is 472 g/mol. The van der Waals surface area contributed by atoms with Gasteiger partial charge in [0.2, 0.25) is 0 Å². The number of amides is 4. The van der Waals surface area contributed by atoms with Crippen LogP contribution in [0.5, 0.6) is 5.75 Å². The first-order chi connectivity index (χ1) is 17.7. The average Bonchev–Trinajstić information content (AvgIpc) is 2.90. The van der Waals surface area contributed by atoms with E-state index in [-0.39, 0.29) is 17.2 Å². The molecule has 1 atom stereocenters. The van der Waals surface area contributed by atoms with E-state index in [1.54, 1.807) is 86.6 Å². The molecule has 9 heteroatoms. The highest BCUT2D eigenvalue weighted by Crippen LogP contribution is 2.18. The summed E-state index contributed by atoms with van der Waals surface area (Å²) in [7, 11) is 1.53. The molecule has 3 aromatic carbocycles. The quantitative estimate of drug-likeness (QED) is 0.351. The highest BCUT2D eigenvalue weighted by atomic mass is 16.5. The van der Waals surface area contributed by atoms with Crippen LogP contribution in [0.3, 0.4) is 0 Å². The van der Waals surface area contributed by atoms with Crippen LogP contribution in [0.4, 0.5) is 5.69 Å². The number of anilines is 1. The average molecular weight is 503 g/mol. The Morgan fingerprint density at radius 2 is 1.32 bits per heavy atom. The molecule has 0 saturated carbocycles. The standard InChI is InChI=1S/C28H30N4O5/c1-17(2)24(28(36)32-31-26(34)20-11-9-18(3)10-12-20)30-27(35)22-7-5-6-8-23(22)29-25(33)19-13-15-21(37-4)16-14-19/h5-17,24H,1-4H3,(H,29,33)(H,30,35)(H,31,34)(H,32,36). The summed E-state index contributed by atoms with van der Waals surface area (Å²) in [6, 6.07) is 19.0. The van der Waals surface area contributed by atoms with Gasteiger partial charge in [0.15, 0.2) is 0 Å². The van der Waals surface area contributed by atoms with Gasteiger partial charge in [-0.05, 0) is 61.4 Å². The second-order valence-electron chi connectivity index (χ2n) is 8.73. The van der Waals surface area contributed by atoms with Crippen molar-refractivity contribution in [2.45, 2.75) is 26.8 Å². The Kier molecular flexibility index (Phi) is 8.99. The van der Waals surface area contributed by atoms with E-state index in [0.717, 1.165) is 5.56 Å². The van der Waals surface area contributed by atoms with Crippen molar-refractivity contribution in [3.63, 3.8) is 0 Å². The van der Waals surface area contributed by atoms with Crippen LogP contribution >= 0.6 is 0 Å². The van der Waals surface area contributed by atoms with Gasteiger partial charge in [0.25, 0.3) is 23.6 Å². The lowest BCUT2D eigenvalue weighted by molar-refractivity contribution is -0.124. The molecule has 0 heterocycles. The molecule has 9 nitrogen and oxygen atoms in total. The smallest absolute Gasteiger partial charge is 0.269 e. The van der Waals surface area contributed by atoms with Crippen LogP contribution in [0.2, 0.25) is 0 Å². The third kappa shape index (κ3) is 7.17. The minimum absolute atomic E-state index is 0.187. The molecule has 3 aromatic rings. The minimum atomic E-state index is -0.948. The Morgan fingerprint density at radius 1 is 0.730 bits per heavy atom. The van der Waals surface area contributed by atoms with Crippen molar-refractivity contribution >= 4 is 29.3 Å². The van der Waals surface area contributed by atoms with Gasteiger partial charge in [-0.15, -0.1) is 0 Å². The maximum Gasteiger partial charge on any atom is 0.269 e. The fourth-order valence-electron chi connectivity index (χ4n) is 3.45. The maximum absolute atomic E-state index is 13.1. The van der Waals surface area contributed by atoms with E-state index in [9.17, 15) is 19.2 Å². The van der Waals surface area contributed by atoms with Crippen LogP contribution in [-0.4, -0.2) is 36.8 Å². The Morgan fingerprint density at radius 3 is 1.95 bits per heavy atom. The van der Waals surface area contributed by atoms with Crippen molar-refractivity contribution in [1.82, 2.24) is 16.2 Å². The molecule has 0 saturated heterocycles. The highest BCUT2D eigenvalue weighted by Gasteiger charge is 2.26. The molecule has 0 fully saturated rings. The molecule has 0 aromatic heterocycles. The summed E-state index contributed by atoms with van der Waals surface area (Å²) in [5.74, 6) is -1.69. The number of carbonyl (C=O) groups excluding carboxylic acids is 4. The normalized spacial score (nSPS) is 11.3. The first kappa shape index (κ1) is 26.9. The number of aryl methyl sites for hydroxylation is 1. The molecule has 4 amide bonds. The van der Waals surface area contributed by atoms with Crippen LogP contribution in [0.25, 0.3) is 0 Å². The van der Waals surface area contributed by atoms with Gasteiger partial charge in [-0.3, -0.25) is 30.0 Å². The summed E-state index contributed by atoms with van der Waals surface area (Å²) in [6.45, 7) is 5.44. The van der Waals surface area contributed by atoms with Gasteiger partial charge in [-0.1, -0.05) is 43.7 Å². The van der Waals surface area contributed by atoms with E-state index in [1.165, 1.54) is 7.11 Å². The van der Waals surface area contributed by atoms with Crippen molar-refractivity contribution in [1.29, 1.82) is 0 Å². The van der Waals surface area contributed by atoms with Gasteiger partial charge >= 0.3 is 0 Å². The van der Waals surface area contributed by atoms with Gasteiger partial charge in [-0.25, -0.2) is 0 Å². The number of methoxy groups -OCH3 is 1. The number of nitrogens with one attached hydrogen (secondary N) is 4. The molecule has 192 valence electrons. The summed E-state index contributed by atoms with van der Waals surface area (Å²) in [6.07, 6.45) is 0. The summed E-state index contributed by atoms with van der Waals surface area (Å²) < 4.78 is 5.11. The van der Waals surface area contributed by atoms with Crippen molar-refractivity contribution < 1.29 is 23.9 Å². The molecule has 37 heavy (non-hydrogen) atoms. The van der Waals surface area contributed by atoms with Crippen molar-refractivity contribution in [3.8, 4) is 5.75 Å². The monoisotopic (exact) mass is 502 g/mol. The Labute approximate surface area is 215 Å². The number of carbonyl (C=O) groups is 4. The maximum atomic E-state index is 13.1. The van der Waals surface area contributed by atoms with Crippen LogP contribution in [0.15, 0.2) is 72.8 Å². The second-order valence-corrected chi connectivity index (χ2v) is 8.73. The molecule has 0 radical (unpaired) electrons. The SMILES string of the molecule is COc1ccc(C(=O)Nc2ccccc2C(=O)NC(C(=O)NNC(=O)c2ccc(C)cc2)C(C)C)cc1. The third-order valence-electron chi connectivity index (χ3n) is 5.62. The zero-order valence-corrected chi connectivity index (χ0v) is 21.1. The molecular formula is C28H30N4O5. The van der Waals surface area contributed by atoms with E-state index in [0.29, 0.717) is 16.9 Å². The number of ether oxygens (including phenoxy) is 1. The molecule has 0 aliphatic rings. The largest absolute Gasteiger partial charge is 0.497 e.